The molecule has 1 saturated carbocycles. The Morgan fingerprint density at radius 1 is 1.54 bits per heavy atom. The summed E-state index contributed by atoms with van der Waals surface area (Å²) in [4.78, 5) is 10.6. The van der Waals surface area contributed by atoms with Crippen molar-refractivity contribution in [3.63, 3.8) is 0 Å². The van der Waals surface area contributed by atoms with Crippen LogP contribution in [-0.2, 0) is 4.79 Å². The van der Waals surface area contributed by atoms with Gasteiger partial charge in [-0.05, 0) is 12.3 Å². The molecule has 1 aliphatic carbocycles. The van der Waals surface area contributed by atoms with Gasteiger partial charge < -0.3 is 16.6 Å². The highest BCUT2D eigenvalue weighted by Gasteiger charge is 2.26. The highest BCUT2D eigenvalue weighted by Crippen LogP contribution is 2.30. The van der Waals surface area contributed by atoms with Gasteiger partial charge in [0.05, 0.1) is 6.10 Å². The molecular weight excluding hydrogens is 192 g/mol. The maximum atomic E-state index is 10.6. The number of carbonyl (C=O) groups is 1. The minimum Gasteiger partial charge on any atom is -0.391 e. The van der Waals surface area contributed by atoms with Crippen molar-refractivity contribution in [3.05, 3.63) is 0 Å². The molecule has 5 N–H and O–H groups in total. The fourth-order valence-electron chi connectivity index (χ4n) is 1.41. The van der Waals surface area contributed by atoms with Gasteiger partial charge in [0, 0.05) is 0 Å². The monoisotopic (exact) mass is 208 g/mol. The van der Waals surface area contributed by atoms with Crippen molar-refractivity contribution in [2.24, 2.45) is 17.4 Å². The number of hydrogen-bond acceptors (Lipinski definition) is 3. The molecule has 2 unspecified atom stereocenters. The molecule has 0 aromatic heterocycles. The van der Waals surface area contributed by atoms with E-state index in [2.05, 4.69) is 0 Å². The summed E-state index contributed by atoms with van der Waals surface area (Å²) in [5.41, 5.74) is 10.3. The van der Waals surface area contributed by atoms with E-state index in [1.165, 1.54) is 6.42 Å². The first-order chi connectivity index (χ1) is 5.61. The van der Waals surface area contributed by atoms with Gasteiger partial charge in [-0.2, -0.15) is 0 Å². The third kappa shape index (κ3) is 3.50. The molecule has 4 nitrogen and oxygen atoms in total. The lowest BCUT2D eigenvalue weighted by atomic mass is 9.80. The van der Waals surface area contributed by atoms with Crippen LogP contribution in [0.1, 0.15) is 25.7 Å². The van der Waals surface area contributed by atoms with Crippen LogP contribution in [-0.4, -0.2) is 23.2 Å². The summed E-state index contributed by atoms with van der Waals surface area (Å²) >= 11 is 0. The molecule has 0 aromatic carbocycles. The van der Waals surface area contributed by atoms with Gasteiger partial charge in [0.25, 0.3) is 0 Å². The predicted molar refractivity (Wildman–Crippen MR) is 52.4 cm³/mol. The van der Waals surface area contributed by atoms with Crippen LogP contribution >= 0.6 is 12.4 Å². The molecule has 0 aliphatic heterocycles. The quantitative estimate of drug-likeness (QED) is 0.596. The average Bonchev–Trinajstić information content (AvgIpc) is 1.94. The average molecular weight is 209 g/mol. The minimum absolute atomic E-state index is 0. The van der Waals surface area contributed by atoms with E-state index in [1.54, 1.807) is 0 Å². The topological polar surface area (TPSA) is 89.3 Å². The van der Waals surface area contributed by atoms with Crippen molar-refractivity contribution in [1.29, 1.82) is 0 Å². The van der Waals surface area contributed by atoms with E-state index in [0.29, 0.717) is 12.3 Å². The van der Waals surface area contributed by atoms with E-state index in [0.717, 1.165) is 12.8 Å². The van der Waals surface area contributed by atoms with Crippen LogP contribution < -0.4 is 11.5 Å². The summed E-state index contributed by atoms with van der Waals surface area (Å²) in [6.45, 7) is 0. The standard InChI is InChI=1S/C8H16N2O2.ClH/c9-7(8(10)12)6(11)4-5-2-1-3-5;/h5-7,11H,1-4,9H2,(H2,10,12);1H. The summed E-state index contributed by atoms with van der Waals surface area (Å²) in [6.07, 6.45) is 3.37. The van der Waals surface area contributed by atoms with Crippen LogP contribution in [0.25, 0.3) is 0 Å². The minimum atomic E-state index is -0.898. The van der Waals surface area contributed by atoms with Gasteiger partial charge in [0.1, 0.15) is 6.04 Å². The van der Waals surface area contributed by atoms with Crippen LogP contribution in [0.3, 0.4) is 0 Å². The first-order valence-corrected chi connectivity index (χ1v) is 4.34. The number of halogens is 1. The molecule has 1 aliphatic rings. The molecule has 13 heavy (non-hydrogen) atoms. The van der Waals surface area contributed by atoms with Crippen molar-refractivity contribution >= 4 is 18.3 Å². The van der Waals surface area contributed by atoms with Crippen molar-refractivity contribution < 1.29 is 9.90 Å². The van der Waals surface area contributed by atoms with Gasteiger partial charge in [0.15, 0.2) is 0 Å². The van der Waals surface area contributed by atoms with E-state index in [9.17, 15) is 9.90 Å². The number of amides is 1. The molecule has 78 valence electrons. The molecular formula is C8H17ClN2O2. The van der Waals surface area contributed by atoms with E-state index >= 15 is 0 Å². The maximum Gasteiger partial charge on any atom is 0.237 e. The van der Waals surface area contributed by atoms with Gasteiger partial charge in [-0.3, -0.25) is 4.79 Å². The summed E-state index contributed by atoms with van der Waals surface area (Å²) in [7, 11) is 0. The lowest BCUT2D eigenvalue weighted by Gasteiger charge is -2.28. The second-order valence-electron chi connectivity index (χ2n) is 3.53. The normalized spacial score (nSPS) is 21.1. The summed E-state index contributed by atoms with van der Waals surface area (Å²) in [6, 6.07) is -0.898. The Bertz CT molecular complexity index is 174. The summed E-state index contributed by atoms with van der Waals surface area (Å²) in [5, 5.41) is 9.40. The fourth-order valence-corrected chi connectivity index (χ4v) is 1.41. The Morgan fingerprint density at radius 2 is 2.08 bits per heavy atom. The predicted octanol–water partition coefficient (Wildman–Crippen LogP) is -0.228. The van der Waals surface area contributed by atoms with Crippen LogP contribution in [0, 0.1) is 5.92 Å². The zero-order valence-electron chi connectivity index (χ0n) is 7.48. The number of aliphatic hydroxyl groups is 1. The van der Waals surface area contributed by atoms with Crippen molar-refractivity contribution in [1.82, 2.24) is 0 Å². The number of nitrogens with two attached hydrogens (primary N) is 2. The highest BCUT2D eigenvalue weighted by molar-refractivity contribution is 5.85. The molecule has 1 amide bonds. The Morgan fingerprint density at radius 3 is 2.38 bits per heavy atom. The number of aliphatic hydroxyl groups excluding tert-OH is 1. The Balaban J connectivity index is 0.00000144. The number of rotatable bonds is 4. The molecule has 0 saturated heterocycles. The maximum absolute atomic E-state index is 10.6. The van der Waals surface area contributed by atoms with Gasteiger partial charge in [-0.15, -0.1) is 12.4 Å². The number of primary amides is 1. The third-order valence-electron chi connectivity index (χ3n) is 2.54. The van der Waals surface area contributed by atoms with Crippen molar-refractivity contribution in [2.45, 2.75) is 37.8 Å². The van der Waals surface area contributed by atoms with Crippen molar-refractivity contribution in [3.8, 4) is 0 Å². The zero-order chi connectivity index (χ0) is 9.14. The molecule has 0 aromatic rings. The van der Waals surface area contributed by atoms with Gasteiger partial charge >= 0.3 is 0 Å². The molecule has 1 rings (SSSR count). The SMILES string of the molecule is Cl.NC(=O)C(N)C(O)CC1CCC1. The largest absolute Gasteiger partial charge is 0.391 e. The van der Waals surface area contributed by atoms with Crippen LogP contribution in [0.15, 0.2) is 0 Å². The first kappa shape index (κ1) is 12.7. The molecule has 0 heterocycles. The smallest absolute Gasteiger partial charge is 0.237 e. The van der Waals surface area contributed by atoms with Gasteiger partial charge in [0.2, 0.25) is 5.91 Å². The first-order valence-electron chi connectivity index (χ1n) is 4.34. The Kier molecular flexibility index (Phi) is 5.29. The van der Waals surface area contributed by atoms with Crippen LogP contribution in [0.4, 0.5) is 0 Å². The third-order valence-corrected chi connectivity index (χ3v) is 2.54. The van der Waals surface area contributed by atoms with E-state index in [4.69, 9.17) is 11.5 Å². The zero-order valence-corrected chi connectivity index (χ0v) is 8.30. The molecule has 0 radical (unpaired) electrons. The summed E-state index contributed by atoms with van der Waals surface area (Å²) < 4.78 is 0. The second-order valence-corrected chi connectivity index (χ2v) is 3.53. The highest BCUT2D eigenvalue weighted by atomic mass is 35.5. The van der Waals surface area contributed by atoms with E-state index < -0.39 is 18.1 Å². The number of hydrogen-bond donors (Lipinski definition) is 3. The fraction of sp³-hybridized carbons (Fsp3) is 0.875. The summed E-state index contributed by atoms with van der Waals surface area (Å²) in [5.74, 6) is -0.0766. The molecule has 2 atom stereocenters. The molecule has 1 fully saturated rings. The van der Waals surface area contributed by atoms with Gasteiger partial charge in [-0.1, -0.05) is 19.3 Å². The lowest BCUT2D eigenvalue weighted by molar-refractivity contribution is -0.121. The van der Waals surface area contributed by atoms with E-state index in [1.807, 2.05) is 0 Å². The van der Waals surface area contributed by atoms with Gasteiger partial charge in [-0.25, -0.2) is 0 Å². The number of carbonyl (C=O) groups excluding carboxylic acids is 1. The lowest BCUT2D eigenvalue weighted by Crippen LogP contribution is -2.46. The Hall–Kier alpha value is -0.320. The second kappa shape index (κ2) is 5.42. The van der Waals surface area contributed by atoms with Crippen LogP contribution in [0.2, 0.25) is 0 Å². The van der Waals surface area contributed by atoms with Crippen LogP contribution in [0.5, 0.6) is 0 Å². The Labute approximate surface area is 84.1 Å². The molecule has 5 heteroatoms. The van der Waals surface area contributed by atoms with E-state index in [-0.39, 0.29) is 12.4 Å². The molecule has 0 bridgehead atoms. The van der Waals surface area contributed by atoms with Crippen molar-refractivity contribution in [2.75, 3.05) is 0 Å². The molecule has 0 spiro atoms.